The molecule has 1 saturated carbocycles. The average molecular weight is 365 g/mol. The first kappa shape index (κ1) is 17.5. The average Bonchev–Trinajstić information content (AvgIpc) is 3.23. The van der Waals surface area contributed by atoms with Crippen LogP contribution >= 0.6 is 23.1 Å². The van der Waals surface area contributed by atoms with Gasteiger partial charge in [0.1, 0.15) is 0 Å². The smallest absolute Gasteiger partial charge is 0.230 e. The third-order valence-corrected chi connectivity index (χ3v) is 6.40. The second kappa shape index (κ2) is 8.16. The summed E-state index contributed by atoms with van der Waals surface area (Å²) in [5.41, 5.74) is 0. The number of nitrogens with one attached hydrogen (secondary N) is 1. The van der Waals surface area contributed by atoms with Gasteiger partial charge in [0.2, 0.25) is 5.91 Å². The summed E-state index contributed by atoms with van der Waals surface area (Å²) in [6.07, 6.45) is 4.82. The van der Waals surface area contributed by atoms with Gasteiger partial charge in [-0.05, 0) is 37.1 Å². The molecule has 1 amide bonds. The lowest BCUT2D eigenvalue weighted by molar-refractivity contribution is -0.119. The maximum Gasteiger partial charge on any atom is 0.230 e. The lowest BCUT2D eigenvalue weighted by Gasteiger charge is -2.29. The highest BCUT2D eigenvalue weighted by Gasteiger charge is 2.23. The van der Waals surface area contributed by atoms with Crippen molar-refractivity contribution in [1.82, 2.24) is 20.1 Å². The van der Waals surface area contributed by atoms with E-state index >= 15 is 0 Å². The standard InChI is InChI=1S/C17H24N4OS2/c1-3-21-16(14-9-6-10-23-14)19-20-17(21)24-11-15(22)18-13-8-5-4-7-12(13)2/h6,9-10,12-13H,3-5,7-8,11H2,1-2H3,(H,18,22)/t12-,13+/m0/s1. The van der Waals surface area contributed by atoms with Crippen molar-refractivity contribution in [3.8, 4) is 10.7 Å². The maximum atomic E-state index is 12.3. The molecule has 5 nitrogen and oxygen atoms in total. The zero-order valence-corrected chi connectivity index (χ0v) is 15.8. The van der Waals surface area contributed by atoms with Gasteiger partial charge in [0.05, 0.1) is 10.6 Å². The molecule has 1 aliphatic carbocycles. The second-order valence-electron chi connectivity index (χ2n) is 6.25. The number of nitrogens with zero attached hydrogens (tertiary/aromatic N) is 3. The van der Waals surface area contributed by atoms with Gasteiger partial charge in [-0.25, -0.2) is 0 Å². The Labute approximate surface area is 151 Å². The van der Waals surface area contributed by atoms with Crippen molar-refractivity contribution >= 4 is 29.0 Å². The van der Waals surface area contributed by atoms with Gasteiger partial charge >= 0.3 is 0 Å². The van der Waals surface area contributed by atoms with E-state index in [0.29, 0.717) is 17.7 Å². The van der Waals surface area contributed by atoms with Gasteiger partial charge in [-0.1, -0.05) is 37.6 Å². The zero-order valence-electron chi connectivity index (χ0n) is 14.2. The molecule has 1 N–H and O–H groups in total. The van der Waals surface area contributed by atoms with Gasteiger partial charge in [0.25, 0.3) is 0 Å². The van der Waals surface area contributed by atoms with Gasteiger partial charge < -0.3 is 9.88 Å². The molecule has 3 rings (SSSR count). The van der Waals surface area contributed by atoms with E-state index in [2.05, 4.69) is 33.9 Å². The molecule has 2 aromatic heterocycles. The van der Waals surface area contributed by atoms with E-state index in [1.165, 1.54) is 31.0 Å². The number of thiophene rings is 1. The molecule has 0 bridgehead atoms. The molecule has 2 aromatic rings. The Morgan fingerprint density at radius 3 is 2.96 bits per heavy atom. The van der Waals surface area contributed by atoms with Crippen molar-refractivity contribution in [1.29, 1.82) is 0 Å². The third kappa shape index (κ3) is 4.00. The first-order valence-electron chi connectivity index (χ1n) is 8.58. The molecule has 0 aromatic carbocycles. The number of rotatable bonds is 6. The molecule has 2 heterocycles. The number of carbonyl (C=O) groups excluding carboxylic acids is 1. The van der Waals surface area contributed by atoms with Crippen LogP contribution in [-0.4, -0.2) is 32.5 Å². The first-order valence-corrected chi connectivity index (χ1v) is 10.4. The number of aromatic nitrogens is 3. The summed E-state index contributed by atoms with van der Waals surface area (Å²) in [6, 6.07) is 4.39. The van der Waals surface area contributed by atoms with E-state index in [-0.39, 0.29) is 5.91 Å². The van der Waals surface area contributed by atoms with Crippen LogP contribution in [0.15, 0.2) is 22.7 Å². The van der Waals surface area contributed by atoms with E-state index in [0.717, 1.165) is 28.8 Å². The molecule has 1 aliphatic rings. The van der Waals surface area contributed by atoms with Gasteiger partial charge in [0, 0.05) is 12.6 Å². The molecular weight excluding hydrogens is 340 g/mol. The SMILES string of the molecule is CCn1c(SCC(=O)N[C@@H]2CCCC[C@@H]2C)nnc1-c1cccs1. The molecule has 0 unspecified atom stereocenters. The quantitative estimate of drug-likeness (QED) is 0.792. The summed E-state index contributed by atoms with van der Waals surface area (Å²) in [4.78, 5) is 13.4. The minimum Gasteiger partial charge on any atom is -0.352 e. The van der Waals surface area contributed by atoms with Crippen molar-refractivity contribution in [2.45, 2.75) is 57.3 Å². The summed E-state index contributed by atoms with van der Waals surface area (Å²) < 4.78 is 2.08. The molecule has 0 aliphatic heterocycles. The highest BCUT2D eigenvalue weighted by molar-refractivity contribution is 7.99. The number of hydrogen-bond acceptors (Lipinski definition) is 5. The summed E-state index contributed by atoms with van der Waals surface area (Å²) >= 11 is 3.12. The highest BCUT2D eigenvalue weighted by atomic mass is 32.2. The van der Waals surface area contributed by atoms with Crippen LogP contribution in [0.4, 0.5) is 0 Å². The van der Waals surface area contributed by atoms with Crippen LogP contribution in [0.1, 0.15) is 39.5 Å². The normalized spacial score (nSPS) is 20.9. The highest BCUT2D eigenvalue weighted by Crippen LogP contribution is 2.27. The van der Waals surface area contributed by atoms with Crippen molar-refractivity contribution in [2.24, 2.45) is 5.92 Å². The van der Waals surface area contributed by atoms with E-state index in [1.807, 2.05) is 17.5 Å². The largest absolute Gasteiger partial charge is 0.352 e. The van der Waals surface area contributed by atoms with Crippen LogP contribution in [0.3, 0.4) is 0 Å². The minimum atomic E-state index is 0.0991. The molecule has 130 valence electrons. The predicted molar refractivity (Wildman–Crippen MR) is 99.3 cm³/mol. The van der Waals surface area contributed by atoms with Gasteiger partial charge in [-0.3, -0.25) is 4.79 Å². The van der Waals surface area contributed by atoms with E-state index < -0.39 is 0 Å². The zero-order chi connectivity index (χ0) is 16.9. The molecule has 0 saturated heterocycles. The first-order chi connectivity index (χ1) is 11.7. The van der Waals surface area contributed by atoms with Crippen molar-refractivity contribution in [3.05, 3.63) is 17.5 Å². The Bertz CT molecular complexity index is 668. The molecule has 7 heteroatoms. The fourth-order valence-corrected chi connectivity index (χ4v) is 4.71. The van der Waals surface area contributed by atoms with E-state index in [1.54, 1.807) is 11.3 Å². The van der Waals surface area contributed by atoms with Crippen LogP contribution in [0.5, 0.6) is 0 Å². The number of carbonyl (C=O) groups is 1. The Morgan fingerprint density at radius 1 is 1.42 bits per heavy atom. The molecule has 24 heavy (non-hydrogen) atoms. The Morgan fingerprint density at radius 2 is 2.25 bits per heavy atom. The van der Waals surface area contributed by atoms with Crippen molar-refractivity contribution in [3.63, 3.8) is 0 Å². The third-order valence-electron chi connectivity index (χ3n) is 4.56. The lowest BCUT2D eigenvalue weighted by atomic mass is 9.86. The fraction of sp³-hybridized carbons (Fsp3) is 0.588. The summed E-state index contributed by atoms with van der Waals surface area (Å²) in [5.74, 6) is 1.96. The second-order valence-corrected chi connectivity index (χ2v) is 8.14. The van der Waals surface area contributed by atoms with Crippen LogP contribution in [0, 0.1) is 5.92 Å². The maximum absolute atomic E-state index is 12.3. The van der Waals surface area contributed by atoms with E-state index in [4.69, 9.17) is 0 Å². The van der Waals surface area contributed by atoms with E-state index in [9.17, 15) is 4.79 Å². The molecule has 1 fully saturated rings. The molecule has 0 spiro atoms. The molecule has 0 radical (unpaired) electrons. The minimum absolute atomic E-state index is 0.0991. The predicted octanol–water partition coefficient (Wildman–Crippen LogP) is 3.81. The van der Waals surface area contributed by atoms with Crippen LogP contribution in [0.2, 0.25) is 0 Å². The number of amides is 1. The summed E-state index contributed by atoms with van der Waals surface area (Å²) in [6.45, 7) is 5.11. The van der Waals surface area contributed by atoms with Gasteiger partial charge in [-0.15, -0.1) is 21.5 Å². The molecule has 2 atom stereocenters. The fourth-order valence-electron chi connectivity index (χ4n) is 3.18. The van der Waals surface area contributed by atoms with Crippen molar-refractivity contribution in [2.75, 3.05) is 5.75 Å². The molecular formula is C17H24N4OS2. The lowest BCUT2D eigenvalue weighted by Crippen LogP contribution is -2.41. The number of hydrogen-bond donors (Lipinski definition) is 1. The summed E-state index contributed by atoms with van der Waals surface area (Å²) in [7, 11) is 0. The van der Waals surface area contributed by atoms with Gasteiger partial charge in [-0.2, -0.15) is 0 Å². The number of thioether (sulfide) groups is 1. The monoisotopic (exact) mass is 364 g/mol. The Kier molecular flexibility index (Phi) is 5.94. The Balaban J connectivity index is 1.59. The Hall–Kier alpha value is -1.34. The van der Waals surface area contributed by atoms with Crippen molar-refractivity contribution < 1.29 is 4.79 Å². The topological polar surface area (TPSA) is 59.8 Å². The van der Waals surface area contributed by atoms with Crippen LogP contribution < -0.4 is 5.32 Å². The van der Waals surface area contributed by atoms with Gasteiger partial charge in [0.15, 0.2) is 11.0 Å². The summed E-state index contributed by atoms with van der Waals surface area (Å²) in [5, 5.41) is 14.6. The van der Waals surface area contributed by atoms with Crippen LogP contribution in [-0.2, 0) is 11.3 Å². The van der Waals surface area contributed by atoms with Crippen LogP contribution in [0.25, 0.3) is 10.7 Å².